The number of hydrogen-bond donors (Lipinski definition) is 2. The van der Waals surface area contributed by atoms with Gasteiger partial charge >= 0.3 is 12.0 Å². The van der Waals surface area contributed by atoms with Crippen LogP contribution >= 0.6 is 0 Å². The molecule has 0 radical (unpaired) electrons. The molecule has 104 valence electrons. The van der Waals surface area contributed by atoms with E-state index in [-0.39, 0.29) is 25.2 Å². The van der Waals surface area contributed by atoms with E-state index in [1.54, 1.807) is 4.90 Å². The molecule has 0 aromatic heterocycles. The molecule has 18 heavy (non-hydrogen) atoms. The topological polar surface area (TPSA) is 69.6 Å². The first-order valence-electron chi connectivity index (χ1n) is 6.36. The Morgan fingerprint density at radius 2 is 2.11 bits per heavy atom. The third kappa shape index (κ3) is 4.50. The molecule has 6 heteroatoms. The molecule has 0 spiro atoms. The van der Waals surface area contributed by atoms with E-state index in [2.05, 4.69) is 5.32 Å². The van der Waals surface area contributed by atoms with Crippen molar-refractivity contribution >= 4 is 12.0 Å². The normalized spacial score (nSPS) is 23.8. The summed E-state index contributed by atoms with van der Waals surface area (Å²) in [5.41, 5.74) is 0. The number of nitrogens with zero attached hydrogens (tertiary/aromatic N) is 1. The summed E-state index contributed by atoms with van der Waals surface area (Å²) in [6, 6.07) is -0.244. The van der Waals surface area contributed by atoms with Crippen LogP contribution < -0.4 is 5.32 Å². The van der Waals surface area contributed by atoms with Crippen molar-refractivity contribution in [3.8, 4) is 0 Å². The second-order valence-electron chi connectivity index (χ2n) is 4.91. The van der Waals surface area contributed by atoms with Gasteiger partial charge in [-0.2, -0.15) is 0 Å². The van der Waals surface area contributed by atoms with Gasteiger partial charge in [-0.05, 0) is 25.2 Å². The van der Waals surface area contributed by atoms with Gasteiger partial charge in [0.1, 0.15) is 0 Å². The minimum absolute atomic E-state index is 0.191. The van der Waals surface area contributed by atoms with Crippen LogP contribution in [-0.2, 0) is 4.79 Å². The van der Waals surface area contributed by atoms with Crippen molar-refractivity contribution in [2.24, 2.45) is 11.8 Å². The summed E-state index contributed by atoms with van der Waals surface area (Å²) in [6.45, 7) is 2.84. The van der Waals surface area contributed by atoms with Crippen molar-refractivity contribution in [2.75, 3.05) is 26.3 Å². The van der Waals surface area contributed by atoms with Crippen LogP contribution in [0.2, 0.25) is 0 Å². The lowest BCUT2D eigenvalue weighted by Crippen LogP contribution is -2.49. The van der Waals surface area contributed by atoms with Gasteiger partial charge in [0, 0.05) is 19.6 Å². The standard InChI is InChI=1S/C12H21FN2O3/c1-9-6-10(11(16)17)8-15(7-9)12(18)14-5-3-2-4-13/h9-10H,2-8H2,1H3,(H,14,18)(H,16,17). The molecule has 0 aromatic carbocycles. The average Bonchev–Trinajstić information content (AvgIpc) is 2.33. The molecule has 0 saturated carbocycles. The van der Waals surface area contributed by atoms with Crippen LogP contribution in [0.15, 0.2) is 0 Å². The van der Waals surface area contributed by atoms with Gasteiger partial charge < -0.3 is 15.3 Å². The maximum Gasteiger partial charge on any atom is 0.317 e. The summed E-state index contributed by atoms with van der Waals surface area (Å²) in [5, 5.41) is 11.7. The predicted molar refractivity (Wildman–Crippen MR) is 65.1 cm³/mol. The zero-order valence-corrected chi connectivity index (χ0v) is 10.7. The van der Waals surface area contributed by atoms with Crippen LogP contribution in [0.5, 0.6) is 0 Å². The van der Waals surface area contributed by atoms with E-state index >= 15 is 0 Å². The van der Waals surface area contributed by atoms with E-state index in [1.807, 2.05) is 6.92 Å². The van der Waals surface area contributed by atoms with Crippen LogP contribution in [0.3, 0.4) is 0 Å². The van der Waals surface area contributed by atoms with Crippen molar-refractivity contribution in [1.82, 2.24) is 10.2 Å². The van der Waals surface area contributed by atoms with E-state index in [1.165, 1.54) is 0 Å². The Bertz CT molecular complexity index is 299. The maximum atomic E-state index is 11.9. The Morgan fingerprint density at radius 3 is 2.72 bits per heavy atom. The highest BCUT2D eigenvalue weighted by molar-refractivity contribution is 5.76. The molecule has 1 heterocycles. The number of piperidine rings is 1. The van der Waals surface area contributed by atoms with Crippen LogP contribution in [0.1, 0.15) is 26.2 Å². The Balaban J connectivity index is 2.39. The molecular formula is C12H21FN2O3. The molecule has 2 amide bonds. The van der Waals surface area contributed by atoms with E-state index in [4.69, 9.17) is 5.11 Å². The van der Waals surface area contributed by atoms with Crippen molar-refractivity contribution in [1.29, 1.82) is 0 Å². The number of aliphatic carboxylic acids is 1. The third-order valence-corrected chi connectivity index (χ3v) is 3.13. The lowest BCUT2D eigenvalue weighted by Gasteiger charge is -2.34. The summed E-state index contributed by atoms with van der Waals surface area (Å²) < 4.78 is 11.9. The number of carboxylic acid groups (broad SMARTS) is 1. The molecule has 0 aliphatic carbocycles. The number of hydrogen-bond acceptors (Lipinski definition) is 2. The summed E-state index contributed by atoms with van der Waals surface area (Å²) in [6.07, 6.45) is 1.66. The van der Waals surface area contributed by atoms with E-state index in [9.17, 15) is 14.0 Å². The zero-order chi connectivity index (χ0) is 13.5. The SMILES string of the molecule is CC1CC(C(=O)O)CN(C(=O)NCCCCF)C1. The highest BCUT2D eigenvalue weighted by Gasteiger charge is 2.31. The van der Waals surface area contributed by atoms with Gasteiger partial charge in [-0.15, -0.1) is 0 Å². The van der Waals surface area contributed by atoms with Gasteiger partial charge in [0.25, 0.3) is 0 Å². The fourth-order valence-corrected chi connectivity index (χ4v) is 2.22. The number of nitrogens with one attached hydrogen (secondary N) is 1. The largest absolute Gasteiger partial charge is 0.481 e. The highest BCUT2D eigenvalue weighted by atomic mass is 19.1. The minimum atomic E-state index is -0.850. The number of carboxylic acids is 1. The highest BCUT2D eigenvalue weighted by Crippen LogP contribution is 2.21. The summed E-state index contributed by atoms with van der Waals surface area (Å²) in [4.78, 5) is 24.3. The Morgan fingerprint density at radius 1 is 1.39 bits per heavy atom. The average molecular weight is 260 g/mol. The molecule has 1 aliphatic rings. The molecule has 0 bridgehead atoms. The molecule has 5 nitrogen and oxygen atoms in total. The third-order valence-electron chi connectivity index (χ3n) is 3.13. The minimum Gasteiger partial charge on any atom is -0.481 e. The number of unbranched alkanes of at least 4 members (excludes halogenated alkanes) is 1. The van der Waals surface area contributed by atoms with E-state index in [0.29, 0.717) is 32.4 Å². The quantitative estimate of drug-likeness (QED) is 0.736. The Labute approximate surface area is 106 Å². The van der Waals surface area contributed by atoms with Crippen LogP contribution in [0.25, 0.3) is 0 Å². The lowest BCUT2D eigenvalue weighted by atomic mass is 9.91. The van der Waals surface area contributed by atoms with Crippen LogP contribution in [-0.4, -0.2) is 48.3 Å². The molecule has 1 aliphatic heterocycles. The number of halogens is 1. The zero-order valence-electron chi connectivity index (χ0n) is 10.7. The monoisotopic (exact) mass is 260 g/mol. The van der Waals surface area contributed by atoms with Gasteiger partial charge in [0.05, 0.1) is 12.6 Å². The predicted octanol–water partition coefficient (Wildman–Crippen LogP) is 1.49. The fourth-order valence-electron chi connectivity index (χ4n) is 2.22. The molecular weight excluding hydrogens is 239 g/mol. The molecule has 0 aromatic rings. The number of carbonyl (C=O) groups is 2. The van der Waals surface area contributed by atoms with Crippen molar-refractivity contribution in [3.63, 3.8) is 0 Å². The van der Waals surface area contributed by atoms with Gasteiger partial charge in [0.2, 0.25) is 0 Å². The van der Waals surface area contributed by atoms with Gasteiger partial charge in [-0.1, -0.05) is 6.92 Å². The second-order valence-corrected chi connectivity index (χ2v) is 4.91. The van der Waals surface area contributed by atoms with E-state index in [0.717, 1.165) is 0 Å². The Kier molecular flexibility index (Phi) is 5.88. The smallest absolute Gasteiger partial charge is 0.317 e. The molecule has 2 N–H and O–H groups in total. The molecule has 1 fully saturated rings. The van der Waals surface area contributed by atoms with E-state index < -0.39 is 11.9 Å². The molecule has 2 unspecified atom stereocenters. The fraction of sp³-hybridized carbons (Fsp3) is 0.833. The summed E-state index contributed by atoms with van der Waals surface area (Å²) in [5.74, 6) is -1.14. The second kappa shape index (κ2) is 7.18. The molecule has 1 saturated heterocycles. The van der Waals surface area contributed by atoms with Crippen LogP contribution in [0, 0.1) is 11.8 Å². The van der Waals surface area contributed by atoms with Crippen molar-refractivity contribution in [2.45, 2.75) is 26.2 Å². The number of urea groups is 1. The van der Waals surface area contributed by atoms with Crippen LogP contribution in [0.4, 0.5) is 9.18 Å². The number of likely N-dealkylation sites (tertiary alicyclic amines) is 1. The summed E-state index contributed by atoms with van der Waals surface area (Å²) in [7, 11) is 0. The maximum absolute atomic E-state index is 11.9. The lowest BCUT2D eigenvalue weighted by molar-refractivity contribution is -0.143. The van der Waals surface area contributed by atoms with Crippen molar-refractivity contribution < 1.29 is 19.1 Å². The number of carbonyl (C=O) groups excluding carboxylic acids is 1. The first kappa shape index (κ1) is 14.7. The molecule has 1 rings (SSSR count). The molecule has 2 atom stereocenters. The Hall–Kier alpha value is -1.33. The number of alkyl halides is 1. The number of amides is 2. The van der Waals surface area contributed by atoms with Gasteiger partial charge in [-0.3, -0.25) is 9.18 Å². The van der Waals surface area contributed by atoms with Crippen molar-refractivity contribution in [3.05, 3.63) is 0 Å². The summed E-state index contributed by atoms with van der Waals surface area (Å²) >= 11 is 0. The first-order valence-corrected chi connectivity index (χ1v) is 6.36. The number of rotatable bonds is 5. The van der Waals surface area contributed by atoms with Gasteiger partial charge in [0.15, 0.2) is 0 Å². The first-order chi connectivity index (χ1) is 8.54. The van der Waals surface area contributed by atoms with Gasteiger partial charge in [-0.25, -0.2) is 4.79 Å².